The Bertz CT molecular complexity index is 988. The molecule has 2 amide bonds. The van der Waals surface area contributed by atoms with Gasteiger partial charge >= 0.3 is 5.97 Å². The monoisotopic (exact) mass is 381 g/mol. The highest BCUT2D eigenvalue weighted by Crippen LogP contribution is 2.34. The molecule has 0 bridgehead atoms. The third-order valence-electron chi connectivity index (χ3n) is 4.66. The molecule has 2 aliphatic heterocycles. The van der Waals surface area contributed by atoms with Crippen molar-refractivity contribution in [1.82, 2.24) is 0 Å². The van der Waals surface area contributed by atoms with Crippen molar-refractivity contribution in [2.24, 2.45) is 0 Å². The van der Waals surface area contributed by atoms with Crippen LogP contribution < -0.4 is 24.6 Å². The lowest BCUT2D eigenvalue weighted by Gasteiger charge is -2.29. The fraction of sp³-hybridized carbons (Fsp3) is 0.250. The van der Waals surface area contributed by atoms with Crippen molar-refractivity contribution in [2.75, 3.05) is 41.9 Å². The summed E-state index contributed by atoms with van der Waals surface area (Å²) < 4.78 is 10.7. The number of esters is 1. The van der Waals surface area contributed by atoms with Gasteiger partial charge in [0.2, 0.25) is 5.91 Å². The van der Waals surface area contributed by atoms with Gasteiger partial charge in [-0.2, -0.15) is 0 Å². The Kier molecular flexibility index (Phi) is 4.38. The minimum absolute atomic E-state index is 0.00187. The Labute approximate surface area is 161 Å². The molecule has 2 heterocycles. The maximum absolute atomic E-state index is 12.6. The molecule has 0 atom stereocenters. The fourth-order valence-corrected chi connectivity index (χ4v) is 3.23. The van der Waals surface area contributed by atoms with Gasteiger partial charge < -0.3 is 24.6 Å². The topological polar surface area (TPSA) is 88.2 Å². The number of anilines is 3. The van der Waals surface area contributed by atoms with E-state index in [1.807, 2.05) is 19.1 Å². The third kappa shape index (κ3) is 3.36. The van der Waals surface area contributed by atoms with E-state index in [9.17, 15) is 14.4 Å². The van der Waals surface area contributed by atoms with Gasteiger partial charge in [-0.3, -0.25) is 9.59 Å². The Morgan fingerprint density at radius 1 is 1.11 bits per heavy atom. The summed E-state index contributed by atoms with van der Waals surface area (Å²) in [5, 5.41) is 2.81. The molecule has 144 valence electrons. The number of ether oxygens (including phenoxy) is 2. The maximum Gasteiger partial charge on any atom is 0.331 e. The molecule has 2 aromatic carbocycles. The van der Waals surface area contributed by atoms with Gasteiger partial charge in [0, 0.05) is 18.8 Å². The van der Waals surface area contributed by atoms with Crippen LogP contribution in [0.5, 0.6) is 11.5 Å². The predicted molar refractivity (Wildman–Crippen MR) is 103 cm³/mol. The van der Waals surface area contributed by atoms with Crippen LogP contribution in [0.25, 0.3) is 0 Å². The molecule has 0 saturated heterocycles. The molecule has 0 spiro atoms. The van der Waals surface area contributed by atoms with Crippen molar-refractivity contribution < 1.29 is 23.9 Å². The lowest BCUT2D eigenvalue weighted by atomic mass is 10.1. The Hall–Kier alpha value is -3.55. The van der Waals surface area contributed by atoms with Crippen LogP contribution in [-0.2, 0) is 14.4 Å². The average Bonchev–Trinajstić information content (AvgIpc) is 2.65. The van der Waals surface area contributed by atoms with E-state index in [1.165, 1.54) is 4.90 Å². The van der Waals surface area contributed by atoms with Gasteiger partial charge in [-0.15, -0.1) is 0 Å². The lowest BCUT2D eigenvalue weighted by Crippen LogP contribution is -2.41. The molecular formula is C20H19N3O5. The summed E-state index contributed by atoms with van der Waals surface area (Å²) in [6.45, 7) is 1.91. The second-order valence-corrected chi connectivity index (χ2v) is 6.77. The van der Waals surface area contributed by atoms with Gasteiger partial charge in [-0.1, -0.05) is 6.07 Å². The number of nitrogens with one attached hydrogen (secondary N) is 1. The van der Waals surface area contributed by atoms with Gasteiger partial charge in [-0.05, 0) is 36.8 Å². The smallest absolute Gasteiger partial charge is 0.331 e. The summed E-state index contributed by atoms with van der Waals surface area (Å²) >= 11 is 0. The van der Waals surface area contributed by atoms with Crippen LogP contribution in [0, 0.1) is 6.92 Å². The van der Waals surface area contributed by atoms with E-state index in [0.717, 1.165) is 5.56 Å². The molecular weight excluding hydrogens is 362 g/mol. The number of carbonyl (C=O) groups is 3. The van der Waals surface area contributed by atoms with Gasteiger partial charge in [0.15, 0.2) is 12.4 Å². The van der Waals surface area contributed by atoms with E-state index >= 15 is 0 Å². The van der Waals surface area contributed by atoms with Crippen molar-refractivity contribution in [3.8, 4) is 11.5 Å². The quantitative estimate of drug-likeness (QED) is 0.643. The van der Waals surface area contributed by atoms with Crippen molar-refractivity contribution in [3.63, 3.8) is 0 Å². The van der Waals surface area contributed by atoms with E-state index in [0.29, 0.717) is 28.6 Å². The Morgan fingerprint density at radius 3 is 2.75 bits per heavy atom. The Balaban J connectivity index is 1.49. The summed E-state index contributed by atoms with van der Waals surface area (Å²) in [7, 11) is 1.68. The second-order valence-electron chi connectivity index (χ2n) is 6.77. The number of nitrogens with zero attached hydrogens (tertiary/aromatic N) is 2. The summed E-state index contributed by atoms with van der Waals surface area (Å²) in [5.74, 6) is 0.170. The van der Waals surface area contributed by atoms with E-state index in [2.05, 4.69) is 5.32 Å². The average molecular weight is 381 g/mol. The molecule has 28 heavy (non-hydrogen) atoms. The van der Waals surface area contributed by atoms with Crippen molar-refractivity contribution in [1.29, 1.82) is 0 Å². The van der Waals surface area contributed by atoms with Crippen LogP contribution in [0.2, 0.25) is 0 Å². The molecule has 4 rings (SSSR count). The number of carbonyl (C=O) groups excluding carboxylic acids is 3. The molecule has 0 saturated carbocycles. The minimum Gasteiger partial charge on any atom is -0.481 e. The number of fused-ring (bicyclic) bond motifs is 2. The first-order chi connectivity index (χ1) is 13.4. The van der Waals surface area contributed by atoms with Crippen LogP contribution in [0.3, 0.4) is 0 Å². The zero-order valence-electron chi connectivity index (χ0n) is 15.5. The maximum atomic E-state index is 12.6. The summed E-state index contributed by atoms with van der Waals surface area (Å²) in [6, 6.07) is 10.6. The number of rotatable bonds is 3. The highest BCUT2D eigenvalue weighted by atomic mass is 16.5. The third-order valence-corrected chi connectivity index (χ3v) is 4.66. The highest BCUT2D eigenvalue weighted by Gasteiger charge is 2.26. The molecule has 0 fully saturated rings. The predicted octanol–water partition coefficient (Wildman–Crippen LogP) is 1.71. The molecule has 2 aliphatic rings. The molecule has 1 N–H and O–H groups in total. The fourth-order valence-electron chi connectivity index (χ4n) is 3.23. The van der Waals surface area contributed by atoms with Crippen LogP contribution >= 0.6 is 0 Å². The van der Waals surface area contributed by atoms with E-state index in [1.54, 1.807) is 36.2 Å². The first-order valence-electron chi connectivity index (χ1n) is 8.80. The summed E-state index contributed by atoms with van der Waals surface area (Å²) in [6.07, 6.45) is 0. The summed E-state index contributed by atoms with van der Waals surface area (Å²) in [4.78, 5) is 39.3. The van der Waals surface area contributed by atoms with Gasteiger partial charge in [0.05, 0.1) is 17.9 Å². The van der Waals surface area contributed by atoms with Crippen molar-refractivity contribution >= 4 is 34.8 Å². The van der Waals surface area contributed by atoms with Gasteiger partial charge in [0.25, 0.3) is 5.91 Å². The largest absolute Gasteiger partial charge is 0.481 e. The Morgan fingerprint density at radius 2 is 1.93 bits per heavy atom. The molecule has 2 aromatic rings. The summed E-state index contributed by atoms with van der Waals surface area (Å²) in [5.41, 5.74) is 2.92. The van der Waals surface area contributed by atoms with Gasteiger partial charge in [0.1, 0.15) is 12.3 Å². The SMILES string of the molecule is Cc1ccc2c(c1)N(CC(=O)Nc1ccc3c(c1)OCC(=O)N3C)CC(=O)O2. The van der Waals surface area contributed by atoms with E-state index < -0.39 is 5.97 Å². The van der Waals surface area contributed by atoms with Crippen molar-refractivity contribution in [3.05, 3.63) is 42.0 Å². The molecule has 0 aromatic heterocycles. The molecule has 8 heteroatoms. The van der Waals surface area contributed by atoms with Crippen LogP contribution in [0.4, 0.5) is 17.1 Å². The first-order valence-corrected chi connectivity index (χ1v) is 8.80. The van der Waals surface area contributed by atoms with Crippen LogP contribution in [0.15, 0.2) is 36.4 Å². The zero-order chi connectivity index (χ0) is 19.8. The van der Waals surface area contributed by atoms with E-state index in [4.69, 9.17) is 9.47 Å². The second kappa shape index (κ2) is 6.88. The molecule has 0 unspecified atom stereocenters. The first kappa shape index (κ1) is 17.8. The lowest BCUT2D eigenvalue weighted by molar-refractivity contribution is -0.133. The number of hydrogen-bond acceptors (Lipinski definition) is 6. The minimum atomic E-state index is -0.404. The van der Waals surface area contributed by atoms with Crippen LogP contribution in [0.1, 0.15) is 5.56 Å². The number of hydrogen-bond donors (Lipinski definition) is 1. The van der Waals surface area contributed by atoms with Crippen LogP contribution in [-0.4, -0.2) is 44.5 Å². The zero-order valence-corrected chi connectivity index (χ0v) is 15.5. The van der Waals surface area contributed by atoms with Gasteiger partial charge in [-0.25, -0.2) is 4.79 Å². The highest BCUT2D eigenvalue weighted by molar-refractivity contribution is 5.99. The molecule has 0 radical (unpaired) electrons. The molecule has 8 nitrogen and oxygen atoms in total. The van der Waals surface area contributed by atoms with E-state index in [-0.39, 0.29) is 31.5 Å². The normalized spacial score (nSPS) is 15.4. The standard InChI is InChI=1S/C20H19N3O5/c1-12-3-6-16-15(7-12)23(10-20(26)28-16)9-18(24)21-13-4-5-14-17(8-13)27-11-19(25)22(14)2/h3-8H,9-11H2,1-2H3,(H,21,24). The number of amides is 2. The molecule has 0 aliphatic carbocycles. The number of benzene rings is 2. The van der Waals surface area contributed by atoms with Crippen molar-refractivity contribution in [2.45, 2.75) is 6.92 Å². The number of aryl methyl sites for hydroxylation is 1. The number of likely N-dealkylation sites (N-methyl/N-ethyl adjacent to an activating group) is 1.